The molecule has 0 aliphatic carbocycles. The summed E-state index contributed by atoms with van der Waals surface area (Å²) in [4.78, 5) is 14.2. The molecule has 0 bridgehead atoms. The maximum atomic E-state index is 12.1. The molecule has 98 valence electrons. The lowest BCUT2D eigenvalue weighted by atomic mass is 10.2. The van der Waals surface area contributed by atoms with Crippen LogP contribution in [0, 0.1) is 11.8 Å². The molecule has 1 rings (SSSR count). The van der Waals surface area contributed by atoms with Gasteiger partial charge in [0.2, 0.25) is 0 Å². The minimum Gasteiger partial charge on any atom is -0.395 e. The highest BCUT2D eigenvalue weighted by Gasteiger charge is 2.17. The van der Waals surface area contributed by atoms with E-state index in [1.54, 1.807) is 20.0 Å². The van der Waals surface area contributed by atoms with Gasteiger partial charge in [-0.3, -0.25) is 4.79 Å². The lowest BCUT2D eigenvalue weighted by Crippen LogP contribution is -2.32. The molecule has 1 aromatic heterocycles. The molecule has 0 aliphatic rings. The van der Waals surface area contributed by atoms with Crippen molar-refractivity contribution in [3.05, 3.63) is 21.9 Å². The van der Waals surface area contributed by atoms with Crippen molar-refractivity contribution in [3.8, 4) is 11.8 Å². The number of likely N-dealkylation sites (N-methyl/N-ethyl adjacent to an activating group) is 1. The molecule has 18 heavy (non-hydrogen) atoms. The van der Waals surface area contributed by atoms with E-state index in [-0.39, 0.29) is 12.5 Å². The second kappa shape index (κ2) is 7.17. The number of aliphatic hydroxyl groups is 2. The molecule has 0 saturated heterocycles. The number of rotatable bonds is 4. The summed E-state index contributed by atoms with van der Waals surface area (Å²) in [5.41, 5.74) is 0.677. The standard InChI is InChI=1S/C13H17NO3S/c1-10(16)9-14(2)13(17)12-11(6-8-18-12)5-3-4-7-15/h6,8,10,15-16H,4,7,9H2,1-2H3. The molecule has 1 aromatic rings. The van der Waals surface area contributed by atoms with E-state index in [1.807, 2.05) is 5.38 Å². The molecule has 1 amide bonds. The molecule has 0 aliphatic heterocycles. The summed E-state index contributed by atoms with van der Waals surface area (Å²) >= 11 is 1.33. The highest BCUT2D eigenvalue weighted by molar-refractivity contribution is 7.12. The zero-order chi connectivity index (χ0) is 13.5. The zero-order valence-electron chi connectivity index (χ0n) is 10.5. The van der Waals surface area contributed by atoms with Crippen molar-refractivity contribution < 1.29 is 15.0 Å². The summed E-state index contributed by atoms with van der Waals surface area (Å²) in [6.45, 7) is 1.95. The minimum atomic E-state index is -0.553. The zero-order valence-corrected chi connectivity index (χ0v) is 11.3. The molecule has 4 nitrogen and oxygen atoms in total. The van der Waals surface area contributed by atoms with E-state index in [0.29, 0.717) is 23.4 Å². The van der Waals surface area contributed by atoms with Crippen LogP contribution in [0.3, 0.4) is 0 Å². The minimum absolute atomic E-state index is 0.0162. The summed E-state index contributed by atoms with van der Waals surface area (Å²) in [6, 6.07) is 1.79. The van der Waals surface area contributed by atoms with Crippen molar-refractivity contribution in [2.75, 3.05) is 20.2 Å². The number of carbonyl (C=O) groups is 1. The van der Waals surface area contributed by atoms with Crippen LogP contribution in [-0.4, -0.2) is 47.3 Å². The smallest absolute Gasteiger partial charge is 0.265 e. The first-order chi connectivity index (χ1) is 8.56. The van der Waals surface area contributed by atoms with E-state index >= 15 is 0 Å². The second-order valence-electron chi connectivity index (χ2n) is 3.97. The van der Waals surface area contributed by atoms with E-state index in [9.17, 15) is 9.90 Å². The molecule has 5 heteroatoms. The molecule has 1 unspecified atom stereocenters. The summed E-state index contributed by atoms with van der Waals surface area (Å²) in [5, 5.41) is 19.7. The average molecular weight is 267 g/mol. The van der Waals surface area contributed by atoms with Gasteiger partial charge in [0, 0.05) is 25.6 Å². The lowest BCUT2D eigenvalue weighted by Gasteiger charge is -2.18. The summed E-state index contributed by atoms with van der Waals surface area (Å²) in [6.07, 6.45) is -0.157. The van der Waals surface area contributed by atoms with Crippen LogP contribution in [0.15, 0.2) is 11.4 Å². The number of aliphatic hydroxyl groups excluding tert-OH is 2. The Hall–Kier alpha value is -1.35. The van der Waals surface area contributed by atoms with Gasteiger partial charge in [-0.05, 0) is 18.4 Å². The quantitative estimate of drug-likeness (QED) is 0.798. The maximum Gasteiger partial charge on any atom is 0.265 e. The molecular formula is C13H17NO3S. The summed E-state index contributed by atoms with van der Waals surface area (Å²) < 4.78 is 0. The van der Waals surface area contributed by atoms with Crippen molar-refractivity contribution in [2.24, 2.45) is 0 Å². The Balaban J connectivity index is 2.81. The van der Waals surface area contributed by atoms with Gasteiger partial charge in [-0.1, -0.05) is 11.8 Å². The van der Waals surface area contributed by atoms with E-state index in [2.05, 4.69) is 11.8 Å². The fourth-order valence-corrected chi connectivity index (χ4v) is 2.28. The average Bonchev–Trinajstić information content (AvgIpc) is 2.75. The molecule has 1 atom stereocenters. The van der Waals surface area contributed by atoms with E-state index in [0.717, 1.165) is 0 Å². The van der Waals surface area contributed by atoms with Crippen molar-refractivity contribution in [1.29, 1.82) is 0 Å². The molecule has 0 radical (unpaired) electrons. The number of thiophene rings is 1. The monoisotopic (exact) mass is 267 g/mol. The Kier molecular flexibility index (Phi) is 5.86. The van der Waals surface area contributed by atoms with Crippen LogP contribution in [0.1, 0.15) is 28.6 Å². The van der Waals surface area contributed by atoms with Gasteiger partial charge < -0.3 is 15.1 Å². The number of hydrogen-bond acceptors (Lipinski definition) is 4. The van der Waals surface area contributed by atoms with Crippen LogP contribution in [0.25, 0.3) is 0 Å². The van der Waals surface area contributed by atoms with Gasteiger partial charge in [0.1, 0.15) is 4.88 Å². The summed E-state index contributed by atoms with van der Waals surface area (Å²) in [7, 11) is 1.65. The Bertz CT molecular complexity index is 456. The fourth-order valence-electron chi connectivity index (χ4n) is 1.44. The van der Waals surface area contributed by atoms with Gasteiger partial charge in [0.15, 0.2) is 0 Å². The first-order valence-electron chi connectivity index (χ1n) is 5.67. The van der Waals surface area contributed by atoms with Crippen LogP contribution in [-0.2, 0) is 0 Å². The molecule has 0 aromatic carbocycles. The van der Waals surface area contributed by atoms with E-state index < -0.39 is 6.10 Å². The normalized spacial score (nSPS) is 11.6. The third kappa shape index (κ3) is 4.15. The van der Waals surface area contributed by atoms with Crippen LogP contribution < -0.4 is 0 Å². The molecule has 0 fully saturated rings. The van der Waals surface area contributed by atoms with Crippen LogP contribution in [0.4, 0.5) is 0 Å². The second-order valence-corrected chi connectivity index (χ2v) is 4.89. The van der Waals surface area contributed by atoms with Crippen LogP contribution >= 0.6 is 11.3 Å². The van der Waals surface area contributed by atoms with Crippen LogP contribution in [0.5, 0.6) is 0 Å². The Morgan fingerprint density at radius 2 is 2.33 bits per heavy atom. The van der Waals surface area contributed by atoms with Gasteiger partial charge in [-0.25, -0.2) is 0 Å². The molecule has 2 N–H and O–H groups in total. The molecule has 0 saturated carbocycles. The van der Waals surface area contributed by atoms with Crippen molar-refractivity contribution in [3.63, 3.8) is 0 Å². The largest absolute Gasteiger partial charge is 0.395 e. The predicted octanol–water partition coefficient (Wildman–Crippen LogP) is 0.935. The van der Waals surface area contributed by atoms with Crippen molar-refractivity contribution in [2.45, 2.75) is 19.4 Å². The molecular weight excluding hydrogens is 250 g/mol. The highest BCUT2D eigenvalue weighted by atomic mass is 32.1. The third-order valence-corrected chi connectivity index (χ3v) is 3.11. The maximum absolute atomic E-state index is 12.1. The van der Waals surface area contributed by atoms with E-state index in [1.165, 1.54) is 16.2 Å². The SMILES string of the molecule is CC(O)CN(C)C(=O)c1sccc1C#CCCO. The first kappa shape index (κ1) is 14.7. The van der Waals surface area contributed by atoms with Crippen molar-refractivity contribution >= 4 is 17.2 Å². The molecule has 0 spiro atoms. The van der Waals surface area contributed by atoms with Gasteiger partial charge in [0.05, 0.1) is 12.7 Å². The van der Waals surface area contributed by atoms with Crippen LogP contribution in [0.2, 0.25) is 0 Å². The van der Waals surface area contributed by atoms with Gasteiger partial charge >= 0.3 is 0 Å². The number of hydrogen-bond donors (Lipinski definition) is 2. The Labute approximate surface area is 111 Å². The van der Waals surface area contributed by atoms with E-state index in [4.69, 9.17) is 5.11 Å². The third-order valence-electron chi connectivity index (χ3n) is 2.20. The molecule has 1 heterocycles. The van der Waals surface area contributed by atoms with Crippen molar-refractivity contribution in [1.82, 2.24) is 4.90 Å². The highest BCUT2D eigenvalue weighted by Crippen LogP contribution is 2.17. The Morgan fingerprint density at radius 3 is 2.94 bits per heavy atom. The topological polar surface area (TPSA) is 60.8 Å². The fraction of sp³-hybridized carbons (Fsp3) is 0.462. The lowest BCUT2D eigenvalue weighted by molar-refractivity contribution is 0.0708. The first-order valence-corrected chi connectivity index (χ1v) is 6.55. The van der Waals surface area contributed by atoms with Gasteiger partial charge in [0.25, 0.3) is 5.91 Å². The number of nitrogens with zero attached hydrogens (tertiary/aromatic N) is 1. The number of carbonyl (C=O) groups excluding carboxylic acids is 1. The summed E-state index contributed by atoms with van der Waals surface area (Å²) in [5.74, 6) is 5.53. The number of amides is 1. The van der Waals surface area contributed by atoms with Gasteiger partial charge in [-0.15, -0.1) is 11.3 Å². The predicted molar refractivity (Wildman–Crippen MR) is 71.5 cm³/mol. The van der Waals surface area contributed by atoms with Gasteiger partial charge in [-0.2, -0.15) is 0 Å². The Morgan fingerprint density at radius 1 is 1.61 bits per heavy atom.